The van der Waals surface area contributed by atoms with E-state index in [1.807, 2.05) is 53.3 Å². The summed E-state index contributed by atoms with van der Waals surface area (Å²) in [4.78, 5) is 60.6. The van der Waals surface area contributed by atoms with Gasteiger partial charge in [0.05, 0.1) is 10.6 Å². The number of imide groups is 1. The van der Waals surface area contributed by atoms with E-state index in [2.05, 4.69) is 68.1 Å². The number of rotatable bonds is 21. The first-order chi connectivity index (χ1) is 42.5. The Morgan fingerprint density at radius 3 is 2.20 bits per heavy atom. The summed E-state index contributed by atoms with van der Waals surface area (Å²) in [5, 5.41) is 6.10. The molecule has 4 aliphatic heterocycles. The van der Waals surface area contributed by atoms with Gasteiger partial charge in [0.25, 0.3) is 31.7 Å². The van der Waals surface area contributed by atoms with Crippen LogP contribution < -0.4 is 20.3 Å². The highest BCUT2D eigenvalue weighted by Gasteiger charge is 2.49. The number of piperazine rings is 2. The van der Waals surface area contributed by atoms with Crippen LogP contribution in [0.5, 0.6) is 0 Å². The van der Waals surface area contributed by atoms with E-state index in [9.17, 15) is 49.2 Å². The second-order valence-electron chi connectivity index (χ2n) is 24.2. The molecule has 1 aliphatic carbocycles. The molecule has 0 radical (unpaired) electrons. The molecule has 4 amide bonds. The molecule has 3 fully saturated rings. The molecule has 5 aromatic rings. The first-order valence-corrected chi connectivity index (χ1v) is 34.5. The van der Waals surface area contributed by atoms with Gasteiger partial charge in [0.1, 0.15) is 10.9 Å². The average molecular weight is 1300 g/mol. The smallest absolute Gasteiger partial charge is 0.380 e. The van der Waals surface area contributed by atoms with Gasteiger partial charge in [-0.3, -0.25) is 29.4 Å². The van der Waals surface area contributed by atoms with Crippen LogP contribution >= 0.6 is 23.4 Å². The van der Waals surface area contributed by atoms with Crippen LogP contribution in [0.1, 0.15) is 109 Å². The van der Waals surface area contributed by atoms with Crippen molar-refractivity contribution >= 4 is 83.8 Å². The molecule has 2 atom stereocenters. The van der Waals surface area contributed by atoms with Crippen molar-refractivity contribution in [3.63, 3.8) is 0 Å². The third-order valence-corrected chi connectivity index (χ3v) is 21.7. The third-order valence-electron chi connectivity index (χ3n) is 17.4. The zero-order valence-corrected chi connectivity index (χ0v) is 53.1. The zero-order chi connectivity index (χ0) is 63.1. The zero-order valence-electron chi connectivity index (χ0n) is 49.9. The lowest BCUT2D eigenvalue weighted by Crippen LogP contribution is -2.52. The number of nitrogens with one attached hydrogen (secondary N) is 3. The number of carbonyl (C=O) groups is 4. The van der Waals surface area contributed by atoms with Gasteiger partial charge < -0.3 is 24.9 Å². The topological polar surface area (TPSA) is 189 Å². The maximum absolute atomic E-state index is 14.5. The van der Waals surface area contributed by atoms with E-state index in [0.29, 0.717) is 41.8 Å². The van der Waals surface area contributed by atoms with Crippen molar-refractivity contribution in [1.82, 2.24) is 29.6 Å². The minimum atomic E-state index is -6.13. The number of sulfone groups is 1. The number of nitrogens with zero attached hydrogens (tertiary/aromatic N) is 5. The van der Waals surface area contributed by atoms with E-state index < -0.39 is 64.7 Å². The number of sulfonamides is 1. The van der Waals surface area contributed by atoms with E-state index in [1.165, 1.54) is 45.5 Å². The summed E-state index contributed by atoms with van der Waals surface area (Å²) in [6, 6.07) is 30.4. The Balaban J connectivity index is 0.726. The van der Waals surface area contributed by atoms with Gasteiger partial charge in [0.15, 0.2) is 0 Å². The number of unbranched alkanes of at least 4 members (excludes halogenated alkanes) is 2. The predicted octanol–water partition coefficient (Wildman–Crippen LogP) is 10.1. The Labute approximate surface area is 528 Å². The van der Waals surface area contributed by atoms with E-state index in [-0.39, 0.29) is 42.2 Å². The molecule has 472 valence electrons. The van der Waals surface area contributed by atoms with Crippen LogP contribution in [-0.2, 0) is 36.0 Å². The van der Waals surface area contributed by atoms with E-state index in [1.54, 1.807) is 24.3 Å². The fourth-order valence-corrected chi connectivity index (χ4v) is 15.5. The molecule has 23 heteroatoms. The standard InChI is InChI=1S/C66H74ClF3N8O8S3/c1-65(2)30-28-55(47-16-20-50(67)21-17-47)49(42-65)43-76-37-39-77(40-38-76)52-22-18-48(19-23-52)62(80)73-89(85,86)54-24-25-58(60(41-54)88(83,84)66(68,69)70)71-51(45-87-53-13-7-5-8-14-53)29-32-75-35-33-74(34-36-75)31-9-4-3-6-11-46-12-10-15-56-57(46)44-78(64(56)82)59-26-27-61(79)72-63(59)81/h5,7-8,10,12-25,41,51,59,71H,3-4,9,26-40,42-45H2,1-2H3,(H,73,80)(H,72,79,81)/t51-,59?/m1/s1. The first-order valence-electron chi connectivity index (χ1n) is 30.2. The van der Waals surface area contributed by atoms with Gasteiger partial charge in [-0.2, -0.15) is 13.2 Å². The molecule has 89 heavy (non-hydrogen) atoms. The van der Waals surface area contributed by atoms with Crippen LogP contribution in [-0.4, -0.2) is 155 Å². The highest BCUT2D eigenvalue weighted by Crippen LogP contribution is 2.43. The van der Waals surface area contributed by atoms with Crippen LogP contribution in [0.15, 0.2) is 136 Å². The summed E-state index contributed by atoms with van der Waals surface area (Å²) < 4.78 is 99.8. The fourth-order valence-electron chi connectivity index (χ4n) is 12.3. The van der Waals surface area contributed by atoms with E-state index in [4.69, 9.17) is 11.6 Å². The molecule has 16 nitrogen and oxygen atoms in total. The number of thioether (sulfide) groups is 1. The molecule has 0 bridgehead atoms. The van der Waals surface area contributed by atoms with Crippen LogP contribution in [0.2, 0.25) is 5.02 Å². The number of allylic oxidation sites excluding steroid dienone is 1. The second-order valence-corrected chi connectivity index (χ2v) is 29.3. The van der Waals surface area contributed by atoms with Gasteiger partial charge in [-0.25, -0.2) is 21.6 Å². The lowest BCUT2D eigenvalue weighted by atomic mass is 9.73. The molecule has 0 aromatic heterocycles. The highest BCUT2D eigenvalue weighted by atomic mass is 35.5. The number of anilines is 2. The first kappa shape index (κ1) is 65.2. The molecule has 0 saturated carbocycles. The number of amides is 4. The van der Waals surface area contributed by atoms with Crippen molar-refractivity contribution in [2.24, 2.45) is 5.41 Å². The van der Waals surface area contributed by atoms with Gasteiger partial charge in [0.2, 0.25) is 11.8 Å². The van der Waals surface area contributed by atoms with Gasteiger partial charge in [-0.1, -0.05) is 79.3 Å². The Bertz CT molecular complexity index is 3750. The maximum atomic E-state index is 14.5. The lowest BCUT2D eigenvalue weighted by Gasteiger charge is -2.39. The van der Waals surface area contributed by atoms with Gasteiger partial charge in [-0.15, -0.1) is 11.8 Å². The molecular weight excluding hydrogens is 1220 g/mol. The Morgan fingerprint density at radius 2 is 1.51 bits per heavy atom. The molecule has 10 rings (SSSR count). The molecule has 0 spiro atoms. The quantitative estimate of drug-likeness (QED) is 0.0272. The lowest BCUT2D eigenvalue weighted by molar-refractivity contribution is -0.136. The number of halogens is 4. The fraction of sp³-hybridized carbons (Fsp3) is 0.424. The van der Waals surface area contributed by atoms with Crippen molar-refractivity contribution in [3.05, 3.63) is 154 Å². The summed E-state index contributed by atoms with van der Waals surface area (Å²) in [5.41, 5.74) is 0.883. The molecule has 3 N–H and O–H groups in total. The number of alkyl halides is 3. The second kappa shape index (κ2) is 28.2. The molecule has 5 aliphatic rings. The number of hydrogen-bond acceptors (Lipinski definition) is 14. The monoisotopic (exact) mass is 1290 g/mol. The van der Waals surface area contributed by atoms with Crippen molar-refractivity contribution in [2.75, 3.05) is 88.0 Å². The van der Waals surface area contributed by atoms with Crippen molar-refractivity contribution in [2.45, 2.75) is 110 Å². The maximum Gasteiger partial charge on any atom is 0.501 e. The summed E-state index contributed by atoms with van der Waals surface area (Å²) in [6.45, 7) is 13.2. The summed E-state index contributed by atoms with van der Waals surface area (Å²) >= 11 is 7.66. The van der Waals surface area contributed by atoms with Crippen molar-refractivity contribution in [1.29, 1.82) is 0 Å². The number of piperidine rings is 1. The summed E-state index contributed by atoms with van der Waals surface area (Å²) in [6.07, 6.45) is 6.39. The minimum absolute atomic E-state index is 0.0188. The Kier molecular flexibility index (Phi) is 20.7. The van der Waals surface area contributed by atoms with Crippen molar-refractivity contribution < 1.29 is 49.2 Å². The minimum Gasteiger partial charge on any atom is -0.380 e. The molecular formula is C66H74ClF3N8O8S3. The summed E-state index contributed by atoms with van der Waals surface area (Å²) in [7, 11) is -11.0. The number of hydrogen-bond donors (Lipinski definition) is 3. The van der Waals surface area contributed by atoms with E-state index in [0.717, 1.165) is 131 Å². The predicted molar refractivity (Wildman–Crippen MR) is 341 cm³/mol. The molecule has 5 aromatic carbocycles. The van der Waals surface area contributed by atoms with Crippen LogP contribution in [0, 0.1) is 17.3 Å². The molecule has 1 unspecified atom stereocenters. The molecule has 4 heterocycles. The Hall–Kier alpha value is -6.71. The SMILES string of the molecule is CC1(C)CCC(c2ccc(Cl)cc2)=C(CN2CCN(c3ccc(C(=O)NS(=O)(=O)c4ccc(N[C@H](CCN5CCN(CCCCC#Cc6cccc7c6CN(C6CCC(=O)NC6=O)C7=O)CC5)CSc5ccccc5)c(S(=O)(=O)C(F)(F)F)c4)cc3)CC2)C1. The van der Waals surface area contributed by atoms with Crippen molar-refractivity contribution in [3.8, 4) is 11.8 Å². The Morgan fingerprint density at radius 1 is 0.809 bits per heavy atom. The van der Waals surface area contributed by atoms with E-state index >= 15 is 0 Å². The number of carbonyl (C=O) groups excluding carboxylic acids is 4. The normalized spacial score (nSPS) is 19.1. The van der Waals surface area contributed by atoms with Crippen LogP contribution in [0.3, 0.4) is 0 Å². The number of benzene rings is 5. The van der Waals surface area contributed by atoms with Crippen LogP contribution in [0.4, 0.5) is 24.5 Å². The molecule has 3 saturated heterocycles. The van der Waals surface area contributed by atoms with Gasteiger partial charge in [-0.05, 0) is 152 Å². The van der Waals surface area contributed by atoms with Crippen LogP contribution in [0.25, 0.3) is 5.57 Å². The largest absolute Gasteiger partial charge is 0.501 e. The highest BCUT2D eigenvalue weighted by molar-refractivity contribution is 7.99. The summed E-state index contributed by atoms with van der Waals surface area (Å²) in [5.74, 6) is 4.74. The number of fused-ring (bicyclic) bond motifs is 1. The average Bonchev–Trinajstić information content (AvgIpc) is 1.79. The third kappa shape index (κ3) is 16.3. The van der Waals surface area contributed by atoms with Gasteiger partial charge >= 0.3 is 5.51 Å². The van der Waals surface area contributed by atoms with Gasteiger partial charge in [0, 0.05) is 129 Å².